The summed E-state index contributed by atoms with van der Waals surface area (Å²) in [5.41, 5.74) is 0.631. The van der Waals surface area contributed by atoms with E-state index in [-0.39, 0.29) is 5.91 Å². The van der Waals surface area contributed by atoms with Gasteiger partial charge in [-0.05, 0) is 37.0 Å². The van der Waals surface area contributed by atoms with E-state index >= 15 is 0 Å². The minimum atomic E-state index is 0.0407. The monoisotopic (exact) mass is 297 g/mol. The van der Waals surface area contributed by atoms with Crippen LogP contribution in [-0.4, -0.2) is 44.0 Å². The topological polar surface area (TPSA) is 38.8 Å². The van der Waals surface area contributed by atoms with E-state index in [2.05, 4.69) is 0 Å². The maximum atomic E-state index is 12.5. The Morgan fingerprint density at radius 3 is 2.45 bits per heavy atom. The van der Waals surface area contributed by atoms with Gasteiger partial charge in [-0.15, -0.1) is 11.6 Å². The Hall–Kier alpha value is -1.42. The zero-order valence-corrected chi connectivity index (χ0v) is 12.7. The van der Waals surface area contributed by atoms with Crippen molar-refractivity contribution in [2.24, 2.45) is 5.92 Å². The summed E-state index contributed by atoms with van der Waals surface area (Å²) >= 11 is 5.86. The molecule has 0 N–H and O–H groups in total. The number of piperidine rings is 1. The van der Waals surface area contributed by atoms with Crippen LogP contribution >= 0.6 is 11.6 Å². The molecule has 1 aliphatic rings. The first kappa shape index (κ1) is 15.0. The number of carbonyl (C=O) groups excluding carboxylic acids is 1. The summed E-state index contributed by atoms with van der Waals surface area (Å²) in [4.78, 5) is 14.3. The first-order chi connectivity index (χ1) is 9.69. The second-order valence-electron chi connectivity index (χ2n) is 4.96. The summed E-state index contributed by atoms with van der Waals surface area (Å²) in [6, 6.07) is 5.27. The van der Waals surface area contributed by atoms with Crippen molar-refractivity contribution in [2.45, 2.75) is 12.8 Å². The number of halogens is 1. The van der Waals surface area contributed by atoms with Gasteiger partial charge in [-0.1, -0.05) is 0 Å². The van der Waals surface area contributed by atoms with Crippen molar-refractivity contribution < 1.29 is 14.3 Å². The third kappa shape index (κ3) is 3.18. The number of rotatable bonds is 4. The van der Waals surface area contributed by atoms with Gasteiger partial charge < -0.3 is 14.4 Å². The molecule has 5 heteroatoms. The lowest BCUT2D eigenvalue weighted by molar-refractivity contribution is 0.0698. The summed E-state index contributed by atoms with van der Waals surface area (Å²) in [5.74, 6) is 2.46. The average Bonchev–Trinajstić information content (AvgIpc) is 2.53. The normalized spacial score (nSPS) is 16.1. The molecule has 1 saturated heterocycles. The lowest BCUT2D eigenvalue weighted by Gasteiger charge is -2.31. The van der Waals surface area contributed by atoms with Gasteiger partial charge in [-0.25, -0.2) is 0 Å². The first-order valence-corrected chi connectivity index (χ1v) is 7.30. The van der Waals surface area contributed by atoms with Gasteiger partial charge in [0.15, 0.2) is 11.5 Å². The molecule has 0 bridgehead atoms. The molecule has 1 amide bonds. The van der Waals surface area contributed by atoms with Gasteiger partial charge in [0.05, 0.1) is 14.2 Å². The van der Waals surface area contributed by atoms with Crippen LogP contribution in [0.15, 0.2) is 18.2 Å². The Morgan fingerprint density at radius 2 is 1.90 bits per heavy atom. The van der Waals surface area contributed by atoms with E-state index in [0.717, 1.165) is 25.9 Å². The van der Waals surface area contributed by atoms with E-state index in [4.69, 9.17) is 21.1 Å². The molecule has 0 radical (unpaired) electrons. The molecular weight excluding hydrogens is 278 g/mol. The molecule has 1 aliphatic heterocycles. The van der Waals surface area contributed by atoms with Crippen LogP contribution in [0, 0.1) is 5.92 Å². The average molecular weight is 298 g/mol. The summed E-state index contributed by atoms with van der Waals surface area (Å²) in [6.07, 6.45) is 1.95. The fraction of sp³-hybridized carbons (Fsp3) is 0.533. The number of nitrogens with zero attached hydrogens (tertiary/aromatic N) is 1. The van der Waals surface area contributed by atoms with Crippen LogP contribution < -0.4 is 9.47 Å². The number of carbonyl (C=O) groups is 1. The van der Waals surface area contributed by atoms with Crippen LogP contribution in [-0.2, 0) is 0 Å². The highest BCUT2D eigenvalue weighted by molar-refractivity contribution is 6.18. The number of likely N-dealkylation sites (tertiary alicyclic amines) is 1. The Labute approximate surface area is 124 Å². The molecule has 0 aliphatic carbocycles. The molecule has 0 unspecified atom stereocenters. The minimum Gasteiger partial charge on any atom is -0.493 e. The molecule has 110 valence electrons. The summed E-state index contributed by atoms with van der Waals surface area (Å²) in [7, 11) is 3.15. The van der Waals surface area contributed by atoms with E-state index in [1.165, 1.54) is 0 Å². The van der Waals surface area contributed by atoms with Crippen molar-refractivity contribution in [3.05, 3.63) is 23.8 Å². The highest BCUT2D eigenvalue weighted by atomic mass is 35.5. The number of amides is 1. The number of alkyl halides is 1. The molecular formula is C15H20ClNO3. The predicted molar refractivity (Wildman–Crippen MR) is 78.9 cm³/mol. The summed E-state index contributed by atoms with van der Waals surface area (Å²) in [5, 5.41) is 0. The van der Waals surface area contributed by atoms with Crippen LogP contribution in [0.4, 0.5) is 0 Å². The molecule has 4 nitrogen and oxygen atoms in total. The highest BCUT2D eigenvalue weighted by Gasteiger charge is 2.23. The van der Waals surface area contributed by atoms with Crippen molar-refractivity contribution >= 4 is 17.5 Å². The fourth-order valence-electron chi connectivity index (χ4n) is 2.44. The SMILES string of the molecule is COc1ccc(C(=O)N2CCC(CCl)CC2)cc1OC. The number of benzene rings is 1. The van der Waals surface area contributed by atoms with Crippen LogP contribution in [0.1, 0.15) is 23.2 Å². The second-order valence-corrected chi connectivity index (χ2v) is 5.27. The summed E-state index contributed by atoms with van der Waals surface area (Å²) < 4.78 is 10.4. The summed E-state index contributed by atoms with van der Waals surface area (Å²) in [6.45, 7) is 1.54. The number of hydrogen-bond donors (Lipinski definition) is 0. The third-order valence-corrected chi connectivity index (χ3v) is 4.19. The van der Waals surface area contributed by atoms with Gasteiger partial charge in [-0.3, -0.25) is 4.79 Å². The van der Waals surface area contributed by atoms with Gasteiger partial charge in [0.25, 0.3) is 5.91 Å². The van der Waals surface area contributed by atoms with Gasteiger partial charge in [0.1, 0.15) is 0 Å². The van der Waals surface area contributed by atoms with Crippen molar-refractivity contribution in [1.29, 1.82) is 0 Å². The number of hydrogen-bond acceptors (Lipinski definition) is 3. The van der Waals surface area contributed by atoms with Gasteiger partial charge in [0.2, 0.25) is 0 Å². The molecule has 1 fully saturated rings. The number of methoxy groups -OCH3 is 2. The standard InChI is InChI=1S/C15H20ClNO3/c1-19-13-4-3-12(9-14(13)20-2)15(18)17-7-5-11(10-16)6-8-17/h3-4,9,11H,5-8,10H2,1-2H3. The van der Waals surface area contributed by atoms with Crippen LogP contribution in [0.2, 0.25) is 0 Å². The minimum absolute atomic E-state index is 0.0407. The van der Waals surface area contributed by atoms with E-state index < -0.39 is 0 Å². The van der Waals surface area contributed by atoms with Gasteiger partial charge >= 0.3 is 0 Å². The Balaban J connectivity index is 2.09. The molecule has 0 aromatic heterocycles. The molecule has 0 saturated carbocycles. The van der Waals surface area contributed by atoms with E-state index in [0.29, 0.717) is 28.9 Å². The van der Waals surface area contributed by atoms with Crippen molar-refractivity contribution in [3.63, 3.8) is 0 Å². The fourth-order valence-corrected chi connectivity index (χ4v) is 2.75. The molecule has 1 aromatic rings. The maximum Gasteiger partial charge on any atom is 0.253 e. The molecule has 1 heterocycles. The Kier molecular flexibility index (Phi) is 5.12. The molecule has 0 spiro atoms. The van der Waals surface area contributed by atoms with E-state index in [9.17, 15) is 4.79 Å². The predicted octanol–water partition coefficient (Wildman–Crippen LogP) is 2.79. The molecule has 1 aromatic carbocycles. The Bertz CT molecular complexity index is 470. The lowest BCUT2D eigenvalue weighted by Crippen LogP contribution is -2.38. The molecule has 20 heavy (non-hydrogen) atoms. The molecule has 2 rings (SSSR count). The van der Waals surface area contributed by atoms with E-state index in [1.54, 1.807) is 32.4 Å². The number of ether oxygens (including phenoxy) is 2. The quantitative estimate of drug-likeness (QED) is 0.802. The van der Waals surface area contributed by atoms with Gasteiger partial charge in [-0.2, -0.15) is 0 Å². The zero-order valence-electron chi connectivity index (χ0n) is 11.9. The van der Waals surface area contributed by atoms with Crippen LogP contribution in [0.5, 0.6) is 11.5 Å². The van der Waals surface area contributed by atoms with Crippen LogP contribution in [0.3, 0.4) is 0 Å². The smallest absolute Gasteiger partial charge is 0.253 e. The molecule has 0 atom stereocenters. The third-order valence-electron chi connectivity index (χ3n) is 3.75. The van der Waals surface area contributed by atoms with E-state index in [1.807, 2.05) is 4.90 Å². The largest absolute Gasteiger partial charge is 0.493 e. The van der Waals surface area contributed by atoms with Crippen LogP contribution in [0.25, 0.3) is 0 Å². The van der Waals surface area contributed by atoms with Gasteiger partial charge in [0, 0.05) is 24.5 Å². The first-order valence-electron chi connectivity index (χ1n) is 6.76. The Morgan fingerprint density at radius 1 is 1.25 bits per heavy atom. The lowest BCUT2D eigenvalue weighted by atomic mass is 9.98. The van der Waals surface area contributed by atoms with Crippen molar-refractivity contribution in [2.75, 3.05) is 33.2 Å². The van der Waals surface area contributed by atoms with Crippen molar-refractivity contribution in [1.82, 2.24) is 4.90 Å². The zero-order chi connectivity index (χ0) is 14.5. The maximum absolute atomic E-state index is 12.5. The highest BCUT2D eigenvalue weighted by Crippen LogP contribution is 2.28. The second kappa shape index (κ2) is 6.84. The van der Waals surface area contributed by atoms with Crippen molar-refractivity contribution in [3.8, 4) is 11.5 Å².